The van der Waals surface area contributed by atoms with Crippen LogP contribution in [0.25, 0.3) is 0 Å². The number of hydrogen-bond donors (Lipinski definition) is 1. The second-order valence-electron chi connectivity index (χ2n) is 5.42. The van der Waals surface area contributed by atoms with Gasteiger partial charge in [-0.05, 0) is 13.8 Å². The molecule has 1 saturated heterocycles. The summed E-state index contributed by atoms with van der Waals surface area (Å²) in [5, 5.41) is 2.15. The van der Waals surface area contributed by atoms with Gasteiger partial charge in [0.2, 0.25) is 0 Å². The Morgan fingerprint density at radius 2 is 2.00 bits per heavy atom. The molecule has 0 aromatic rings. The van der Waals surface area contributed by atoms with Gasteiger partial charge < -0.3 is 0 Å². The van der Waals surface area contributed by atoms with E-state index in [1.165, 1.54) is 0 Å². The molecule has 3 heteroatoms. The van der Waals surface area contributed by atoms with E-state index >= 15 is 0 Å². The Balaban J connectivity index is 2.54. The highest BCUT2D eigenvalue weighted by molar-refractivity contribution is 5.86. The predicted molar refractivity (Wildman–Crippen MR) is 57.8 cm³/mol. The van der Waals surface area contributed by atoms with Crippen LogP contribution in [0, 0.1) is 11.3 Å². The second-order valence-corrected chi connectivity index (χ2v) is 5.42. The summed E-state index contributed by atoms with van der Waals surface area (Å²) in [6, 6.07) is 0.466. The Hall–Kier alpha value is -0.410. The van der Waals surface area contributed by atoms with Gasteiger partial charge in [-0.2, -0.15) is 0 Å². The average molecular weight is 198 g/mol. The highest BCUT2D eigenvalue weighted by atomic mass is 16.1. The lowest BCUT2D eigenvalue weighted by molar-refractivity contribution is -0.129. The molecule has 3 nitrogen and oxygen atoms in total. The van der Waals surface area contributed by atoms with E-state index < -0.39 is 0 Å². The third-order valence-electron chi connectivity index (χ3n) is 2.69. The van der Waals surface area contributed by atoms with Gasteiger partial charge in [-0.25, -0.2) is 5.01 Å². The lowest BCUT2D eigenvalue weighted by atomic mass is 9.83. The van der Waals surface area contributed by atoms with Crippen molar-refractivity contribution in [1.29, 1.82) is 0 Å². The predicted octanol–water partition coefficient (Wildman–Crippen LogP) is 1.45. The molecule has 0 aromatic carbocycles. The van der Waals surface area contributed by atoms with Gasteiger partial charge in [0.25, 0.3) is 0 Å². The van der Waals surface area contributed by atoms with Gasteiger partial charge in [-0.15, -0.1) is 0 Å². The van der Waals surface area contributed by atoms with Crippen LogP contribution in [0.15, 0.2) is 0 Å². The highest BCUT2D eigenvalue weighted by Gasteiger charge is 2.34. The number of Topliss-reactive ketones (excluding diaryl/α,β-unsaturated/α-hetero) is 1. The van der Waals surface area contributed by atoms with Crippen LogP contribution in [-0.4, -0.2) is 29.9 Å². The van der Waals surface area contributed by atoms with E-state index in [2.05, 4.69) is 24.3 Å². The molecule has 1 unspecified atom stereocenters. The molecule has 0 aromatic heterocycles. The quantitative estimate of drug-likeness (QED) is 0.729. The standard InChI is InChI=1S/C11H22N2O/c1-8(2)13-7-9(6-12-13)10(14)11(3,4)5/h8-9,12H,6-7H2,1-5H3. The maximum atomic E-state index is 12.0. The van der Waals surface area contributed by atoms with E-state index in [1.54, 1.807) is 0 Å². The summed E-state index contributed by atoms with van der Waals surface area (Å²) in [4.78, 5) is 12.0. The van der Waals surface area contributed by atoms with Crippen LogP contribution in [-0.2, 0) is 4.79 Å². The summed E-state index contributed by atoms with van der Waals surface area (Å²) >= 11 is 0. The van der Waals surface area contributed by atoms with E-state index in [9.17, 15) is 4.79 Å². The number of carbonyl (C=O) groups is 1. The molecule has 0 radical (unpaired) electrons. The van der Waals surface area contributed by atoms with Crippen LogP contribution in [0.5, 0.6) is 0 Å². The molecular formula is C11H22N2O. The average Bonchev–Trinajstić information content (AvgIpc) is 2.48. The fraction of sp³-hybridized carbons (Fsp3) is 0.909. The molecule has 14 heavy (non-hydrogen) atoms. The second kappa shape index (κ2) is 3.99. The van der Waals surface area contributed by atoms with Crippen molar-refractivity contribution < 1.29 is 4.79 Å². The first-order chi connectivity index (χ1) is 6.32. The van der Waals surface area contributed by atoms with E-state index in [-0.39, 0.29) is 11.3 Å². The summed E-state index contributed by atoms with van der Waals surface area (Å²) in [6.45, 7) is 11.9. The zero-order valence-corrected chi connectivity index (χ0v) is 9.92. The van der Waals surface area contributed by atoms with Crippen molar-refractivity contribution >= 4 is 5.78 Å². The van der Waals surface area contributed by atoms with Crippen LogP contribution in [0.2, 0.25) is 0 Å². The van der Waals surface area contributed by atoms with Crippen LogP contribution < -0.4 is 5.43 Å². The molecule has 0 spiro atoms. The SMILES string of the molecule is CC(C)N1CC(C(=O)C(C)(C)C)CN1. The smallest absolute Gasteiger partial charge is 0.143 e. The maximum Gasteiger partial charge on any atom is 0.143 e. The molecule has 0 aliphatic carbocycles. The molecular weight excluding hydrogens is 176 g/mol. The number of rotatable bonds is 2. The Labute approximate surface area is 86.8 Å². The van der Waals surface area contributed by atoms with Crippen LogP contribution in [0.3, 0.4) is 0 Å². The number of ketones is 1. The topological polar surface area (TPSA) is 32.3 Å². The van der Waals surface area contributed by atoms with E-state index in [0.717, 1.165) is 13.1 Å². The highest BCUT2D eigenvalue weighted by Crippen LogP contribution is 2.23. The van der Waals surface area contributed by atoms with Crippen molar-refractivity contribution in [2.24, 2.45) is 11.3 Å². The first-order valence-corrected chi connectivity index (χ1v) is 5.37. The Bertz CT molecular complexity index is 218. The fourth-order valence-corrected chi connectivity index (χ4v) is 1.78. The van der Waals surface area contributed by atoms with Crippen molar-refractivity contribution in [2.75, 3.05) is 13.1 Å². The molecule has 0 saturated carbocycles. The van der Waals surface area contributed by atoms with Gasteiger partial charge in [0.1, 0.15) is 5.78 Å². The molecule has 1 heterocycles. The first kappa shape index (κ1) is 11.7. The summed E-state index contributed by atoms with van der Waals surface area (Å²) < 4.78 is 0. The Morgan fingerprint density at radius 3 is 2.36 bits per heavy atom. The number of hydrazine groups is 1. The van der Waals surface area contributed by atoms with Gasteiger partial charge >= 0.3 is 0 Å². The van der Waals surface area contributed by atoms with Gasteiger partial charge in [0.05, 0.1) is 0 Å². The van der Waals surface area contributed by atoms with Crippen molar-refractivity contribution in [3.63, 3.8) is 0 Å². The van der Waals surface area contributed by atoms with E-state index in [1.807, 2.05) is 20.8 Å². The largest absolute Gasteiger partial charge is 0.299 e. The molecule has 0 bridgehead atoms. The van der Waals surface area contributed by atoms with Crippen LogP contribution in [0.4, 0.5) is 0 Å². The molecule has 1 atom stereocenters. The minimum Gasteiger partial charge on any atom is -0.299 e. The summed E-state index contributed by atoms with van der Waals surface area (Å²) in [5.41, 5.74) is 3.06. The van der Waals surface area contributed by atoms with Crippen LogP contribution >= 0.6 is 0 Å². The van der Waals surface area contributed by atoms with Crippen molar-refractivity contribution in [2.45, 2.75) is 40.7 Å². The zero-order valence-electron chi connectivity index (χ0n) is 9.92. The van der Waals surface area contributed by atoms with Gasteiger partial charge in [-0.1, -0.05) is 20.8 Å². The Kier molecular flexibility index (Phi) is 3.32. The number of nitrogens with zero attached hydrogens (tertiary/aromatic N) is 1. The monoisotopic (exact) mass is 198 g/mol. The summed E-state index contributed by atoms with van der Waals surface area (Å²) in [5.74, 6) is 0.533. The van der Waals surface area contributed by atoms with Crippen LogP contribution in [0.1, 0.15) is 34.6 Å². The van der Waals surface area contributed by atoms with E-state index in [4.69, 9.17) is 0 Å². The minimum atomic E-state index is -0.209. The van der Waals surface area contributed by atoms with Gasteiger partial charge in [0, 0.05) is 30.5 Å². The first-order valence-electron chi connectivity index (χ1n) is 5.37. The minimum absolute atomic E-state index is 0.164. The third kappa shape index (κ3) is 2.55. The maximum absolute atomic E-state index is 12.0. The lowest BCUT2D eigenvalue weighted by Gasteiger charge is -2.22. The van der Waals surface area contributed by atoms with Gasteiger partial charge in [0.15, 0.2) is 0 Å². The molecule has 1 fully saturated rings. The zero-order chi connectivity index (χ0) is 10.9. The number of carbonyl (C=O) groups excluding carboxylic acids is 1. The number of nitrogens with one attached hydrogen (secondary N) is 1. The third-order valence-corrected chi connectivity index (χ3v) is 2.69. The molecule has 1 aliphatic heterocycles. The molecule has 0 amide bonds. The van der Waals surface area contributed by atoms with Gasteiger partial charge in [-0.3, -0.25) is 10.2 Å². The Morgan fingerprint density at radius 1 is 1.43 bits per heavy atom. The molecule has 1 rings (SSSR count). The molecule has 82 valence electrons. The van der Waals surface area contributed by atoms with Crippen molar-refractivity contribution in [3.8, 4) is 0 Å². The summed E-state index contributed by atoms with van der Waals surface area (Å²) in [7, 11) is 0. The van der Waals surface area contributed by atoms with E-state index in [0.29, 0.717) is 11.8 Å². The fourth-order valence-electron chi connectivity index (χ4n) is 1.78. The lowest BCUT2D eigenvalue weighted by Crippen LogP contribution is -2.37. The molecule has 1 N–H and O–H groups in total. The van der Waals surface area contributed by atoms with Crippen molar-refractivity contribution in [1.82, 2.24) is 10.4 Å². The van der Waals surface area contributed by atoms with Crippen molar-refractivity contribution in [3.05, 3.63) is 0 Å². The molecule has 1 aliphatic rings. The normalized spacial score (nSPS) is 24.6. The summed E-state index contributed by atoms with van der Waals surface area (Å²) in [6.07, 6.45) is 0. The number of hydrogen-bond acceptors (Lipinski definition) is 3.